The molecule has 1 aliphatic heterocycles. The van der Waals surface area contributed by atoms with Gasteiger partial charge in [0, 0.05) is 42.7 Å². The number of halogens is 3. The summed E-state index contributed by atoms with van der Waals surface area (Å²) in [4.78, 5) is 6.53. The van der Waals surface area contributed by atoms with E-state index in [1.165, 1.54) is 12.1 Å². The number of hydrogen-bond donors (Lipinski definition) is 1. The molecular weight excluding hydrogens is 365 g/mol. The van der Waals surface area contributed by atoms with Crippen molar-refractivity contribution in [1.29, 1.82) is 0 Å². The van der Waals surface area contributed by atoms with Gasteiger partial charge < -0.3 is 0 Å². The van der Waals surface area contributed by atoms with Crippen LogP contribution in [0.5, 0.6) is 0 Å². The molecule has 146 valence electrons. The number of hydrogen-bond acceptors (Lipinski definition) is 3. The average Bonchev–Trinajstić information content (AvgIpc) is 3.18. The lowest BCUT2D eigenvalue weighted by molar-refractivity contribution is -0.137. The van der Waals surface area contributed by atoms with Gasteiger partial charge in [-0.05, 0) is 48.7 Å². The van der Waals surface area contributed by atoms with Crippen LogP contribution in [-0.4, -0.2) is 33.2 Å². The number of nitrogens with one attached hydrogen (secondary N) is 1. The molecule has 0 bridgehead atoms. The van der Waals surface area contributed by atoms with Gasteiger partial charge in [0.15, 0.2) is 0 Å². The Labute approximate surface area is 161 Å². The number of nitrogens with zero attached hydrogens (tertiary/aromatic N) is 3. The number of likely N-dealkylation sites (tertiary alicyclic amines) is 1. The maximum absolute atomic E-state index is 13.1. The molecule has 4 nitrogen and oxygen atoms in total. The first kappa shape index (κ1) is 18.7. The summed E-state index contributed by atoms with van der Waals surface area (Å²) in [6.45, 7) is 2.65. The molecule has 0 saturated carbocycles. The fourth-order valence-electron chi connectivity index (χ4n) is 3.89. The summed E-state index contributed by atoms with van der Waals surface area (Å²) in [5, 5.41) is 7.19. The standard InChI is InChI=1S/C21H21F3N4/c22-21(23,24)18-7-1-5-16(10-18)19-12-26-27-20(19)17-6-3-9-28(14-17)13-15-4-2-8-25-11-15/h1-2,4-5,7-8,10-12,17H,3,6,9,13-14H2,(H,26,27)/t17-/m1/s1. The van der Waals surface area contributed by atoms with Crippen molar-refractivity contribution in [1.82, 2.24) is 20.1 Å². The van der Waals surface area contributed by atoms with Gasteiger partial charge in [0.25, 0.3) is 0 Å². The molecule has 1 saturated heterocycles. The topological polar surface area (TPSA) is 44.8 Å². The monoisotopic (exact) mass is 386 g/mol. The fraction of sp³-hybridized carbons (Fsp3) is 0.333. The van der Waals surface area contributed by atoms with E-state index in [1.54, 1.807) is 18.5 Å². The summed E-state index contributed by atoms with van der Waals surface area (Å²) in [6, 6.07) is 9.44. The lowest BCUT2D eigenvalue weighted by Gasteiger charge is -2.32. The maximum Gasteiger partial charge on any atom is 0.416 e. The van der Waals surface area contributed by atoms with Crippen LogP contribution in [0.15, 0.2) is 55.0 Å². The average molecular weight is 386 g/mol. The highest BCUT2D eigenvalue weighted by molar-refractivity contribution is 5.66. The molecule has 7 heteroatoms. The third-order valence-electron chi connectivity index (χ3n) is 5.21. The second-order valence-corrected chi connectivity index (χ2v) is 7.21. The normalized spacial score (nSPS) is 18.3. The smallest absolute Gasteiger partial charge is 0.298 e. The quantitative estimate of drug-likeness (QED) is 0.696. The zero-order chi connectivity index (χ0) is 19.6. The molecule has 1 aliphatic rings. The Morgan fingerprint density at radius 3 is 2.82 bits per heavy atom. The van der Waals surface area contributed by atoms with Crippen LogP contribution in [0.25, 0.3) is 11.1 Å². The van der Waals surface area contributed by atoms with Crippen molar-refractivity contribution in [2.45, 2.75) is 31.5 Å². The van der Waals surface area contributed by atoms with Crippen molar-refractivity contribution in [2.75, 3.05) is 13.1 Å². The summed E-state index contributed by atoms with van der Waals surface area (Å²) < 4.78 is 39.3. The largest absolute Gasteiger partial charge is 0.416 e. The van der Waals surface area contributed by atoms with E-state index >= 15 is 0 Å². The van der Waals surface area contributed by atoms with Gasteiger partial charge in [-0.15, -0.1) is 0 Å². The Morgan fingerprint density at radius 1 is 1.14 bits per heavy atom. The van der Waals surface area contributed by atoms with Crippen LogP contribution in [0.2, 0.25) is 0 Å². The second kappa shape index (κ2) is 7.75. The van der Waals surface area contributed by atoms with E-state index in [4.69, 9.17) is 0 Å². The van der Waals surface area contributed by atoms with Crippen molar-refractivity contribution < 1.29 is 13.2 Å². The Bertz CT molecular complexity index is 921. The molecule has 0 unspecified atom stereocenters. The molecule has 0 radical (unpaired) electrons. The van der Waals surface area contributed by atoms with Crippen molar-refractivity contribution in [2.24, 2.45) is 0 Å². The molecule has 3 aromatic rings. The Morgan fingerprint density at radius 2 is 2.04 bits per heavy atom. The SMILES string of the molecule is FC(F)(F)c1cccc(-c2cn[nH]c2[C@@H]2CCCN(Cc3cccnc3)C2)c1. The van der Waals surface area contributed by atoms with E-state index in [2.05, 4.69) is 26.1 Å². The molecule has 1 atom stereocenters. The lowest BCUT2D eigenvalue weighted by Crippen LogP contribution is -2.34. The summed E-state index contributed by atoms with van der Waals surface area (Å²) >= 11 is 0. The molecular formula is C21H21F3N4. The minimum absolute atomic E-state index is 0.206. The fourth-order valence-corrected chi connectivity index (χ4v) is 3.89. The van der Waals surface area contributed by atoms with Gasteiger partial charge >= 0.3 is 6.18 Å². The van der Waals surface area contributed by atoms with Gasteiger partial charge in [0.05, 0.1) is 11.8 Å². The van der Waals surface area contributed by atoms with Crippen molar-refractivity contribution in [3.8, 4) is 11.1 Å². The Balaban J connectivity index is 1.55. The molecule has 4 rings (SSSR count). The van der Waals surface area contributed by atoms with E-state index in [-0.39, 0.29) is 5.92 Å². The highest BCUT2D eigenvalue weighted by Gasteiger charge is 2.31. The summed E-state index contributed by atoms with van der Waals surface area (Å²) in [5.41, 5.74) is 2.72. The molecule has 1 fully saturated rings. The van der Waals surface area contributed by atoms with Crippen LogP contribution in [0.4, 0.5) is 13.2 Å². The number of aromatic amines is 1. The van der Waals surface area contributed by atoms with Crippen molar-refractivity contribution in [3.63, 3.8) is 0 Å². The maximum atomic E-state index is 13.1. The first-order chi connectivity index (χ1) is 13.5. The zero-order valence-electron chi connectivity index (χ0n) is 15.3. The third kappa shape index (κ3) is 4.09. The molecule has 0 amide bonds. The van der Waals surface area contributed by atoms with Gasteiger partial charge in [-0.2, -0.15) is 18.3 Å². The predicted octanol–water partition coefficient (Wildman–Crippen LogP) is 4.87. The first-order valence-electron chi connectivity index (χ1n) is 9.33. The van der Waals surface area contributed by atoms with Gasteiger partial charge in [-0.1, -0.05) is 18.2 Å². The van der Waals surface area contributed by atoms with Crippen LogP contribution in [0.3, 0.4) is 0 Å². The van der Waals surface area contributed by atoms with Crippen LogP contribution in [0.1, 0.15) is 35.6 Å². The van der Waals surface area contributed by atoms with E-state index in [9.17, 15) is 13.2 Å². The molecule has 0 spiro atoms. The molecule has 3 heterocycles. The van der Waals surface area contributed by atoms with Crippen LogP contribution in [-0.2, 0) is 12.7 Å². The summed E-state index contributed by atoms with van der Waals surface area (Å²) in [6.07, 6.45) is 2.92. The van der Waals surface area contributed by atoms with E-state index < -0.39 is 11.7 Å². The second-order valence-electron chi connectivity index (χ2n) is 7.21. The number of H-pyrrole nitrogens is 1. The minimum atomic E-state index is -4.36. The van der Waals surface area contributed by atoms with Gasteiger partial charge in [-0.3, -0.25) is 15.0 Å². The van der Waals surface area contributed by atoms with Crippen molar-refractivity contribution >= 4 is 0 Å². The van der Waals surface area contributed by atoms with E-state index in [1.807, 2.05) is 12.3 Å². The van der Waals surface area contributed by atoms with Crippen LogP contribution < -0.4 is 0 Å². The molecule has 0 aliphatic carbocycles. The molecule has 1 aromatic carbocycles. The number of benzene rings is 1. The van der Waals surface area contributed by atoms with E-state index in [0.29, 0.717) is 5.56 Å². The van der Waals surface area contributed by atoms with Crippen LogP contribution >= 0.6 is 0 Å². The third-order valence-corrected chi connectivity index (χ3v) is 5.21. The minimum Gasteiger partial charge on any atom is -0.298 e. The summed E-state index contributed by atoms with van der Waals surface area (Å²) in [7, 11) is 0. The molecule has 2 aromatic heterocycles. The van der Waals surface area contributed by atoms with Gasteiger partial charge in [0.2, 0.25) is 0 Å². The number of rotatable bonds is 4. The summed E-state index contributed by atoms with van der Waals surface area (Å²) in [5.74, 6) is 0.206. The number of alkyl halides is 3. The predicted molar refractivity (Wildman–Crippen MR) is 101 cm³/mol. The zero-order valence-corrected chi connectivity index (χ0v) is 15.3. The molecule has 28 heavy (non-hydrogen) atoms. The highest BCUT2D eigenvalue weighted by atomic mass is 19.4. The Hall–Kier alpha value is -2.67. The van der Waals surface area contributed by atoms with Gasteiger partial charge in [-0.25, -0.2) is 0 Å². The lowest BCUT2D eigenvalue weighted by atomic mass is 9.90. The Kier molecular flexibility index (Phi) is 5.17. The van der Waals surface area contributed by atoms with E-state index in [0.717, 1.165) is 55.4 Å². The number of aromatic nitrogens is 3. The van der Waals surface area contributed by atoms with Gasteiger partial charge in [0.1, 0.15) is 0 Å². The first-order valence-corrected chi connectivity index (χ1v) is 9.33. The number of pyridine rings is 1. The number of piperidine rings is 1. The molecule has 1 N–H and O–H groups in total. The van der Waals surface area contributed by atoms with Crippen molar-refractivity contribution in [3.05, 3.63) is 71.8 Å². The highest BCUT2D eigenvalue weighted by Crippen LogP contribution is 2.36. The van der Waals surface area contributed by atoms with Crippen LogP contribution in [0, 0.1) is 0 Å².